The third-order valence-electron chi connectivity index (χ3n) is 7.75. The number of fused-ring (bicyclic) bond motifs is 1. The van der Waals surface area contributed by atoms with E-state index >= 15 is 4.39 Å². The Balaban J connectivity index is 1.31. The molecule has 42 heavy (non-hydrogen) atoms. The third-order valence-corrected chi connectivity index (χ3v) is 7.75. The van der Waals surface area contributed by atoms with Crippen LogP contribution in [0.2, 0.25) is 0 Å². The average molecular weight is 590 g/mol. The number of ether oxygens (including phenoxy) is 1. The second kappa shape index (κ2) is 10.0. The fourth-order valence-corrected chi connectivity index (χ4v) is 5.24. The number of carbonyl (C=O) groups excluding carboxylic acids is 3. The Bertz CT molecular complexity index is 1440. The van der Waals surface area contributed by atoms with E-state index < -0.39 is 53.7 Å². The number of anilines is 1. The third kappa shape index (κ3) is 4.83. The molecule has 9 N–H and O–H groups in total. The summed E-state index contributed by atoms with van der Waals surface area (Å²) in [6, 6.07) is 7.71. The van der Waals surface area contributed by atoms with Crippen LogP contribution in [0.3, 0.4) is 0 Å². The molecule has 2 saturated heterocycles. The van der Waals surface area contributed by atoms with Crippen LogP contribution in [0.4, 0.5) is 10.1 Å². The summed E-state index contributed by atoms with van der Waals surface area (Å²) in [5.41, 5.74) is -1.46. The van der Waals surface area contributed by atoms with Crippen molar-refractivity contribution in [2.24, 2.45) is 0 Å². The normalized spacial score (nSPS) is 26.6. The fourth-order valence-electron chi connectivity index (χ4n) is 5.24. The molecule has 3 heterocycles. The summed E-state index contributed by atoms with van der Waals surface area (Å²) < 4.78 is 19.2. The molecule has 0 spiro atoms. The van der Waals surface area contributed by atoms with Gasteiger partial charge in [-0.2, -0.15) is 0 Å². The minimum atomic E-state index is -3.97. The van der Waals surface area contributed by atoms with E-state index in [-0.39, 0.29) is 47.9 Å². The lowest BCUT2D eigenvalue weighted by Crippen LogP contribution is -2.84. The summed E-state index contributed by atoms with van der Waals surface area (Å²) in [6.45, 7) is -0.783. The SMILES string of the molecule is BC1(O)N(Cc2ccc(CNc3cccc4c3CN(C3CCC(=O)NC3=O)C4=O)c(F)c2)C(O)(O)C(O)(O)OC1(O)O. The molecular weight excluding hydrogens is 562 g/mol. The van der Waals surface area contributed by atoms with E-state index in [1.54, 1.807) is 18.2 Å². The number of benzene rings is 2. The van der Waals surface area contributed by atoms with Crippen molar-refractivity contribution in [2.45, 2.75) is 62.0 Å². The van der Waals surface area contributed by atoms with Crippen molar-refractivity contribution in [1.29, 1.82) is 0 Å². The standard InChI is InChI=1S/C25H28BFN4O11/c26-22(35)24(38,39)42-25(40,41)23(36,37)31(22)10-12-4-5-13(16(27)8-12)9-28-17-3-1-2-14-15(17)11-30(21(14)34)18-6-7-19(32)29-20(18)33/h1-5,8,18,28,35-41H,6-7,9-11,26H2,(H,29,32,33). The van der Waals surface area contributed by atoms with Crippen molar-refractivity contribution >= 4 is 31.3 Å². The van der Waals surface area contributed by atoms with Crippen molar-refractivity contribution in [2.75, 3.05) is 5.32 Å². The van der Waals surface area contributed by atoms with Crippen LogP contribution in [0.25, 0.3) is 0 Å². The lowest BCUT2D eigenvalue weighted by atomic mass is 9.83. The van der Waals surface area contributed by atoms with E-state index in [2.05, 4.69) is 15.4 Å². The van der Waals surface area contributed by atoms with Crippen LogP contribution in [0.1, 0.15) is 39.9 Å². The fraction of sp³-hybridized carbons (Fsp3) is 0.400. The number of hydrogen-bond donors (Lipinski definition) is 9. The average Bonchev–Trinajstić information content (AvgIpc) is 3.22. The summed E-state index contributed by atoms with van der Waals surface area (Å²) in [6.07, 6.45) is 0.312. The molecule has 224 valence electrons. The molecule has 2 fully saturated rings. The molecule has 2 atom stereocenters. The summed E-state index contributed by atoms with van der Waals surface area (Å²) in [5.74, 6) is -13.5. The summed E-state index contributed by atoms with van der Waals surface area (Å²) >= 11 is 0. The van der Waals surface area contributed by atoms with Crippen LogP contribution in [-0.4, -0.2) is 101 Å². The molecule has 2 aromatic rings. The summed E-state index contributed by atoms with van der Waals surface area (Å²) in [7, 11) is 0.697. The molecule has 2 unspecified atom stereocenters. The van der Waals surface area contributed by atoms with Crippen LogP contribution >= 0.6 is 0 Å². The van der Waals surface area contributed by atoms with Gasteiger partial charge in [-0.15, -0.1) is 0 Å². The van der Waals surface area contributed by atoms with Crippen LogP contribution in [0.5, 0.6) is 0 Å². The Kier molecular flexibility index (Phi) is 7.16. The maximum atomic E-state index is 15.1. The Morgan fingerprint density at radius 3 is 2.43 bits per heavy atom. The number of piperidine rings is 1. The van der Waals surface area contributed by atoms with Gasteiger partial charge in [0.25, 0.3) is 5.91 Å². The first-order valence-electron chi connectivity index (χ1n) is 12.8. The van der Waals surface area contributed by atoms with Crippen LogP contribution in [-0.2, 0) is 34.0 Å². The number of imide groups is 1. The van der Waals surface area contributed by atoms with Gasteiger partial charge in [0.2, 0.25) is 11.8 Å². The van der Waals surface area contributed by atoms with Crippen LogP contribution in [0, 0.1) is 5.82 Å². The van der Waals surface area contributed by atoms with Gasteiger partial charge >= 0.3 is 17.9 Å². The Morgan fingerprint density at radius 2 is 1.76 bits per heavy atom. The zero-order valence-electron chi connectivity index (χ0n) is 22.1. The van der Waals surface area contributed by atoms with Gasteiger partial charge in [0, 0.05) is 48.4 Å². The highest BCUT2D eigenvalue weighted by Crippen LogP contribution is 2.42. The molecule has 0 saturated carbocycles. The first kappa shape index (κ1) is 30.0. The molecule has 3 amide bonds. The quantitative estimate of drug-likeness (QED) is 0.0895. The van der Waals surface area contributed by atoms with E-state index in [1.807, 2.05) is 0 Å². The van der Waals surface area contributed by atoms with Crippen molar-refractivity contribution in [1.82, 2.24) is 15.1 Å². The molecule has 3 aliphatic rings. The van der Waals surface area contributed by atoms with Gasteiger partial charge in [0.1, 0.15) is 11.9 Å². The maximum Gasteiger partial charge on any atom is 0.356 e. The van der Waals surface area contributed by atoms with Crippen LogP contribution < -0.4 is 10.6 Å². The number of hydrogen-bond acceptors (Lipinski definition) is 13. The maximum absolute atomic E-state index is 15.1. The number of halogens is 1. The number of rotatable bonds is 6. The van der Waals surface area contributed by atoms with E-state index in [9.17, 15) is 50.1 Å². The highest BCUT2D eigenvalue weighted by atomic mass is 19.1. The molecule has 17 heteroatoms. The van der Waals surface area contributed by atoms with Crippen molar-refractivity contribution in [3.63, 3.8) is 0 Å². The Labute approximate surface area is 237 Å². The van der Waals surface area contributed by atoms with Gasteiger partial charge in [-0.05, 0) is 30.2 Å². The van der Waals surface area contributed by atoms with Crippen molar-refractivity contribution in [3.05, 3.63) is 64.5 Å². The van der Waals surface area contributed by atoms with Gasteiger partial charge in [0.15, 0.2) is 13.5 Å². The zero-order chi connectivity index (χ0) is 30.8. The predicted octanol–water partition coefficient (Wildman–Crippen LogP) is -3.77. The minimum absolute atomic E-state index is 0.0384. The van der Waals surface area contributed by atoms with E-state index in [1.165, 1.54) is 17.0 Å². The monoisotopic (exact) mass is 590 g/mol. The van der Waals surface area contributed by atoms with Crippen LogP contribution in [0.15, 0.2) is 36.4 Å². The number of morpholine rings is 1. The molecule has 2 aromatic carbocycles. The number of nitrogens with one attached hydrogen (secondary N) is 2. The summed E-state index contributed by atoms with van der Waals surface area (Å²) in [4.78, 5) is 38.3. The van der Waals surface area contributed by atoms with E-state index in [0.717, 1.165) is 6.07 Å². The second-order valence-electron chi connectivity index (χ2n) is 10.6. The zero-order valence-corrected chi connectivity index (χ0v) is 22.1. The molecule has 0 aromatic heterocycles. The highest BCUT2D eigenvalue weighted by Gasteiger charge is 2.71. The van der Waals surface area contributed by atoms with Crippen molar-refractivity contribution in [3.8, 4) is 0 Å². The molecule has 0 aliphatic carbocycles. The number of amides is 3. The summed E-state index contributed by atoms with van der Waals surface area (Å²) in [5, 5.41) is 75.9. The van der Waals surface area contributed by atoms with Crippen molar-refractivity contribution < 1.29 is 59.3 Å². The van der Waals surface area contributed by atoms with Gasteiger partial charge in [-0.1, -0.05) is 18.2 Å². The number of nitrogens with zero attached hydrogens (tertiary/aromatic N) is 2. The van der Waals surface area contributed by atoms with E-state index in [0.29, 0.717) is 24.7 Å². The second-order valence-corrected chi connectivity index (χ2v) is 10.6. The highest BCUT2D eigenvalue weighted by molar-refractivity contribution is 6.14. The predicted molar refractivity (Wildman–Crippen MR) is 138 cm³/mol. The number of carbonyl (C=O) groups is 3. The Hall–Kier alpha value is -3.52. The molecule has 3 aliphatic heterocycles. The number of aliphatic hydroxyl groups is 7. The molecule has 15 nitrogen and oxygen atoms in total. The van der Waals surface area contributed by atoms with Gasteiger partial charge < -0.3 is 46.0 Å². The smallest absolute Gasteiger partial charge is 0.356 e. The molecule has 0 bridgehead atoms. The minimum Gasteiger partial charge on any atom is -0.381 e. The molecule has 5 rings (SSSR count). The topological polar surface area (TPSA) is 233 Å². The molecule has 0 radical (unpaired) electrons. The first-order chi connectivity index (χ1) is 19.5. The van der Waals surface area contributed by atoms with Gasteiger partial charge in [0.05, 0.1) is 0 Å². The lowest BCUT2D eigenvalue weighted by Gasteiger charge is -2.57. The van der Waals surface area contributed by atoms with E-state index in [4.69, 9.17) is 0 Å². The lowest BCUT2D eigenvalue weighted by molar-refractivity contribution is -0.621. The van der Waals surface area contributed by atoms with Gasteiger partial charge in [-0.25, -0.2) is 9.29 Å². The Morgan fingerprint density at radius 1 is 1.05 bits per heavy atom. The molecular formula is C25H28BFN4O11. The largest absolute Gasteiger partial charge is 0.381 e. The van der Waals surface area contributed by atoms with Gasteiger partial charge in [-0.3, -0.25) is 24.4 Å². The first-order valence-corrected chi connectivity index (χ1v) is 12.8.